The van der Waals surface area contributed by atoms with Crippen LogP contribution in [0.15, 0.2) is 30.1 Å². The number of hydrogen-bond donors (Lipinski definition) is 0. The van der Waals surface area contributed by atoms with Crippen LogP contribution in [-0.2, 0) is 8.92 Å². The van der Waals surface area contributed by atoms with Crippen LogP contribution in [-0.4, -0.2) is 40.3 Å². The van der Waals surface area contributed by atoms with Crippen LogP contribution in [0.3, 0.4) is 0 Å². The standard InChI is InChI=1S/C22H27IN2O3S/c1-21(2,3)27-20(26)25-15-11-22(12-16-25,28-29-23)10-7-19(17-5-4-6-17)18-8-13-24-14-9-18/h8-9,13-14H,4-6,11-12,15-16H2,1-3H3. The molecule has 5 nitrogen and oxygen atoms in total. The van der Waals surface area contributed by atoms with Crippen molar-refractivity contribution in [2.75, 3.05) is 13.1 Å². The van der Waals surface area contributed by atoms with E-state index in [0.29, 0.717) is 25.9 Å². The fourth-order valence-electron chi connectivity index (χ4n) is 3.33. The van der Waals surface area contributed by atoms with Crippen molar-refractivity contribution in [3.05, 3.63) is 35.7 Å². The maximum Gasteiger partial charge on any atom is 0.410 e. The van der Waals surface area contributed by atoms with Gasteiger partial charge in [0.2, 0.25) is 0 Å². The number of aromatic nitrogens is 1. The van der Waals surface area contributed by atoms with Crippen molar-refractivity contribution in [2.24, 2.45) is 0 Å². The summed E-state index contributed by atoms with van der Waals surface area (Å²) in [6.45, 7) is 6.79. The number of allylic oxidation sites excluding steroid dienone is 2. The molecule has 2 heterocycles. The zero-order chi connectivity index (χ0) is 20.9. The predicted molar refractivity (Wildman–Crippen MR) is 125 cm³/mol. The summed E-state index contributed by atoms with van der Waals surface area (Å²) >= 11 is 2.14. The first-order chi connectivity index (χ1) is 13.8. The molecule has 0 radical (unpaired) electrons. The Labute approximate surface area is 189 Å². The zero-order valence-corrected chi connectivity index (χ0v) is 20.1. The molecule has 2 aliphatic rings. The van der Waals surface area contributed by atoms with Crippen molar-refractivity contribution in [2.45, 2.75) is 64.1 Å². The van der Waals surface area contributed by atoms with Crippen molar-refractivity contribution in [3.8, 4) is 11.8 Å². The molecule has 29 heavy (non-hydrogen) atoms. The highest BCUT2D eigenvalue weighted by molar-refractivity contribution is 14.2. The van der Waals surface area contributed by atoms with E-state index in [0.717, 1.165) is 24.0 Å². The van der Waals surface area contributed by atoms with Crippen LogP contribution in [0.1, 0.15) is 58.4 Å². The molecule has 0 unspecified atom stereocenters. The molecule has 1 saturated heterocycles. The van der Waals surface area contributed by atoms with Crippen molar-refractivity contribution in [3.63, 3.8) is 0 Å². The molecule has 0 aromatic carbocycles. The van der Waals surface area contributed by atoms with E-state index < -0.39 is 11.2 Å². The number of nitrogens with zero attached hydrogens (tertiary/aromatic N) is 2. The first-order valence-electron chi connectivity index (χ1n) is 9.92. The molecule has 7 heteroatoms. The normalized spacial score (nSPS) is 18.3. The smallest absolute Gasteiger partial charge is 0.410 e. The molecule has 1 saturated carbocycles. The second-order valence-electron chi connectivity index (χ2n) is 8.43. The number of carbonyl (C=O) groups excluding carboxylic acids is 1. The third-order valence-electron chi connectivity index (χ3n) is 5.11. The third-order valence-corrected chi connectivity index (χ3v) is 6.03. The van der Waals surface area contributed by atoms with Gasteiger partial charge in [-0.05, 0) is 57.7 Å². The summed E-state index contributed by atoms with van der Waals surface area (Å²) in [5.41, 5.74) is 2.58. The highest BCUT2D eigenvalue weighted by Gasteiger charge is 2.37. The lowest BCUT2D eigenvalue weighted by Crippen LogP contribution is -2.48. The number of piperidine rings is 1. The molecule has 0 atom stereocenters. The first kappa shape index (κ1) is 22.4. The quantitative estimate of drug-likeness (QED) is 0.283. The van der Waals surface area contributed by atoms with Gasteiger partial charge in [0.1, 0.15) is 11.2 Å². The van der Waals surface area contributed by atoms with E-state index in [-0.39, 0.29) is 6.09 Å². The number of rotatable bonds is 3. The monoisotopic (exact) mass is 526 g/mol. The van der Waals surface area contributed by atoms with Crippen molar-refractivity contribution in [1.82, 2.24) is 9.88 Å². The Bertz CT molecular complexity index is 810. The molecule has 1 aliphatic heterocycles. The van der Waals surface area contributed by atoms with Gasteiger partial charge in [0.05, 0.1) is 9.21 Å². The maximum absolute atomic E-state index is 12.4. The van der Waals surface area contributed by atoms with Crippen LogP contribution in [0.5, 0.6) is 0 Å². The van der Waals surface area contributed by atoms with Crippen LogP contribution < -0.4 is 0 Å². The van der Waals surface area contributed by atoms with Gasteiger partial charge in [-0.25, -0.2) is 4.79 Å². The summed E-state index contributed by atoms with van der Waals surface area (Å²) < 4.78 is 11.5. The summed E-state index contributed by atoms with van der Waals surface area (Å²) in [5, 5.41) is 0. The Morgan fingerprint density at radius 3 is 2.41 bits per heavy atom. The van der Waals surface area contributed by atoms with Crippen LogP contribution in [0, 0.1) is 11.8 Å². The zero-order valence-electron chi connectivity index (χ0n) is 17.2. The molecule has 1 aromatic rings. The lowest BCUT2D eigenvalue weighted by atomic mass is 9.84. The number of halogens is 1. The SMILES string of the molecule is CC(C)(C)OC(=O)N1CCC(C#CC(=C2CCC2)c2ccncc2)(OSI)CC1. The number of ether oxygens (including phenoxy) is 1. The number of hydrogen-bond acceptors (Lipinski definition) is 5. The molecule has 2 fully saturated rings. The molecule has 156 valence electrons. The Hall–Kier alpha value is -1.24. The van der Waals surface area contributed by atoms with Gasteiger partial charge >= 0.3 is 6.09 Å². The Morgan fingerprint density at radius 1 is 1.24 bits per heavy atom. The highest BCUT2D eigenvalue weighted by atomic mass is 127. The Morgan fingerprint density at radius 2 is 1.90 bits per heavy atom. The fourth-order valence-corrected chi connectivity index (χ4v) is 4.69. The third kappa shape index (κ3) is 6.12. The lowest BCUT2D eigenvalue weighted by molar-refractivity contribution is 0.00608. The van der Waals surface area contributed by atoms with Gasteiger partial charge in [-0.2, -0.15) is 0 Å². The van der Waals surface area contributed by atoms with E-state index in [9.17, 15) is 4.79 Å². The van der Waals surface area contributed by atoms with Crippen molar-refractivity contribution < 1.29 is 13.7 Å². The predicted octanol–water partition coefficient (Wildman–Crippen LogP) is 5.81. The molecular formula is C22H27IN2O3S. The first-order valence-corrected chi connectivity index (χ1v) is 13.2. The van der Waals surface area contributed by atoms with E-state index in [1.807, 2.05) is 45.3 Å². The summed E-state index contributed by atoms with van der Waals surface area (Å²) in [4.78, 5) is 18.3. The summed E-state index contributed by atoms with van der Waals surface area (Å²) in [5.74, 6) is 6.88. The Balaban J connectivity index is 1.77. The minimum Gasteiger partial charge on any atom is -0.444 e. The van der Waals surface area contributed by atoms with E-state index in [2.05, 4.69) is 38.0 Å². The van der Waals surface area contributed by atoms with Crippen LogP contribution in [0.2, 0.25) is 0 Å². The van der Waals surface area contributed by atoms with E-state index in [1.54, 1.807) is 4.90 Å². The van der Waals surface area contributed by atoms with Crippen molar-refractivity contribution in [1.29, 1.82) is 0 Å². The molecule has 3 rings (SSSR count). The summed E-state index contributed by atoms with van der Waals surface area (Å²) in [7, 11) is 1.31. The van der Waals surface area contributed by atoms with Gasteiger partial charge in [-0.1, -0.05) is 17.4 Å². The molecule has 1 aromatic heterocycles. The van der Waals surface area contributed by atoms with E-state index in [4.69, 9.17) is 8.92 Å². The summed E-state index contributed by atoms with van der Waals surface area (Å²) in [6, 6.07) is 4.03. The van der Waals surface area contributed by atoms with Gasteiger partial charge in [-0.15, -0.1) is 0 Å². The van der Waals surface area contributed by atoms with Gasteiger partial charge in [-0.3, -0.25) is 9.17 Å². The van der Waals surface area contributed by atoms with E-state index >= 15 is 0 Å². The second-order valence-corrected chi connectivity index (χ2v) is 9.80. The molecule has 1 amide bonds. The van der Waals surface area contributed by atoms with Gasteiger partial charge in [0.15, 0.2) is 0 Å². The van der Waals surface area contributed by atoms with Crippen LogP contribution >= 0.6 is 30.4 Å². The van der Waals surface area contributed by atoms with Gasteiger partial charge in [0.25, 0.3) is 0 Å². The minimum absolute atomic E-state index is 0.268. The second kappa shape index (κ2) is 9.71. The molecule has 0 spiro atoms. The summed E-state index contributed by atoms with van der Waals surface area (Å²) in [6.07, 6.45) is 8.10. The number of pyridine rings is 1. The molecular weight excluding hydrogens is 499 g/mol. The Kier molecular flexibility index (Phi) is 7.52. The van der Waals surface area contributed by atoms with Crippen LogP contribution in [0.4, 0.5) is 4.79 Å². The molecule has 1 aliphatic carbocycles. The van der Waals surface area contributed by atoms with Gasteiger partial charge < -0.3 is 9.64 Å². The fraction of sp³-hybridized carbons (Fsp3) is 0.545. The maximum atomic E-state index is 12.4. The lowest BCUT2D eigenvalue weighted by Gasteiger charge is -2.37. The minimum atomic E-state index is -0.563. The number of likely N-dealkylation sites (tertiary alicyclic amines) is 1. The average Bonchev–Trinajstić information content (AvgIpc) is 2.63. The van der Waals surface area contributed by atoms with Gasteiger partial charge in [0, 0.05) is 65.1 Å². The highest BCUT2D eigenvalue weighted by Crippen LogP contribution is 2.36. The average molecular weight is 526 g/mol. The van der Waals surface area contributed by atoms with Crippen LogP contribution in [0.25, 0.3) is 5.57 Å². The number of carbonyl (C=O) groups is 1. The topological polar surface area (TPSA) is 51.7 Å². The van der Waals surface area contributed by atoms with Crippen molar-refractivity contribution >= 4 is 42.1 Å². The number of amides is 1. The van der Waals surface area contributed by atoms with E-state index in [1.165, 1.54) is 21.2 Å². The largest absolute Gasteiger partial charge is 0.444 e. The molecule has 0 N–H and O–H groups in total. The molecule has 0 bridgehead atoms.